The second-order valence-corrected chi connectivity index (χ2v) is 8.91. The zero-order valence-electron chi connectivity index (χ0n) is 18.3. The van der Waals surface area contributed by atoms with Gasteiger partial charge in [0.05, 0.1) is 5.69 Å². The van der Waals surface area contributed by atoms with Crippen LogP contribution >= 0.6 is 0 Å². The summed E-state index contributed by atoms with van der Waals surface area (Å²) in [6, 6.07) is 6.90. The maximum Gasteiger partial charge on any atom is 0.415 e. The van der Waals surface area contributed by atoms with Crippen LogP contribution in [0.25, 0.3) is 0 Å². The van der Waals surface area contributed by atoms with Crippen LogP contribution in [0.2, 0.25) is 0 Å². The van der Waals surface area contributed by atoms with E-state index in [-0.39, 0.29) is 12.1 Å². The first-order valence-electron chi connectivity index (χ1n) is 10.5. The van der Waals surface area contributed by atoms with Gasteiger partial charge in [0.1, 0.15) is 5.60 Å². The summed E-state index contributed by atoms with van der Waals surface area (Å²) < 4.78 is 5.64. The fraction of sp³-hybridized carbons (Fsp3) is 0.565. The van der Waals surface area contributed by atoms with E-state index in [1.807, 2.05) is 31.7 Å². The smallest absolute Gasteiger partial charge is 0.415 e. The van der Waals surface area contributed by atoms with E-state index in [0.29, 0.717) is 12.6 Å². The second-order valence-electron chi connectivity index (χ2n) is 8.91. The monoisotopic (exact) mass is 398 g/mol. The van der Waals surface area contributed by atoms with Gasteiger partial charge in [-0.3, -0.25) is 9.89 Å². The minimum Gasteiger partial charge on any atom is -0.443 e. The van der Waals surface area contributed by atoms with E-state index in [0.717, 1.165) is 48.5 Å². The zero-order chi connectivity index (χ0) is 21.0. The third-order valence-corrected chi connectivity index (χ3v) is 5.06. The first kappa shape index (κ1) is 21.2. The average molecular weight is 399 g/mol. The van der Waals surface area contributed by atoms with Crippen LogP contribution in [0, 0.1) is 6.92 Å². The predicted molar refractivity (Wildman–Crippen MR) is 118 cm³/mol. The number of aryl methyl sites for hydroxylation is 1. The van der Waals surface area contributed by atoms with Crippen LogP contribution in [0.15, 0.2) is 35.3 Å². The number of guanidine groups is 1. The summed E-state index contributed by atoms with van der Waals surface area (Å²) in [6.07, 6.45) is 8.27. The van der Waals surface area contributed by atoms with Gasteiger partial charge in [-0.05, 0) is 70.6 Å². The van der Waals surface area contributed by atoms with E-state index in [1.165, 1.54) is 0 Å². The molecule has 0 atom stereocenters. The van der Waals surface area contributed by atoms with Crippen molar-refractivity contribution in [3.63, 3.8) is 0 Å². The maximum atomic E-state index is 12.8. The number of carbonyl (C=O) groups excluding carboxylic acids is 1. The van der Waals surface area contributed by atoms with E-state index in [9.17, 15) is 4.79 Å². The van der Waals surface area contributed by atoms with Crippen molar-refractivity contribution >= 4 is 17.7 Å². The Balaban J connectivity index is 1.64. The Bertz CT molecular complexity index is 783. The molecule has 2 aliphatic carbocycles. The van der Waals surface area contributed by atoms with Gasteiger partial charge in [0.25, 0.3) is 0 Å². The van der Waals surface area contributed by atoms with Crippen molar-refractivity contribution in [3.05, 3.63) is 41.5 Å². The molecule has 158 valence electrons. The van der Waals surface area contributed by atoms with Gasteiger partial charge in [-0.1, -0.05) is 24.3 Å². The van der Waals surface area contributed by atoms with Crippen molar-refractivity contribution in [2.45, 2.75) is 77.6 Å². The molecule has 0 heterocycles. The molecule has 0 aliphatic heterocycles. The highest BCUT2D eigenvalue weighted by Crippen LogP contribution is 2.35. The summed E-state index contributed by atoms with van der Waals surface area (Å²) in [7, 11) is 1.79. The van der Waals surface area contributed by atoms with E-state index < -0.39 is 5.60 Å². The number of nitrogens with zero attached hydrogens (tertiary/aromatic N) is 2. The topological polar surface area (TPSA) is 66.0 Å². The molecule has 1 saturated carbocycles. The number of benzene rings is 1. The van der Waals surface area contributed by atoms with Crippen LogP contribution < -0.4 is 15.5 Å². The lowest BCUT2D eigenvalue weighted by Crippen LogP contribution is -2.42. The summed E-state index contributed by atoms with van der Waals surface area (Å²) in [5, 5.41) is 6.83. The van der Waals surface area contributed by atoms with Crippen molar-refractivity contribution < 1.29 is 9.53 Å². The van der Waals surface area contributed by atoms with Gasteiger partial charge in [0.15, 0.2) is 5.96 Å². The van der Waals surface area contributed by atoms with Gasteiger partial charge >= 0.3 is 6.09 Å². The highest BCUT2D eigenvalue weighted by molar-refractivity contribution is 5.90. The largest absolute Gasteiger partial charge is 0.443 e. The lowest BCUT2D eigenvalue weighted by atomic mass is 10.1. The Hall–Kier alpha value is -2.50. The minimum absolute atomic E-state index is 0.246. The normalized spacial score (nSPS) is 17.3. The van der Waals surface area contributed by atoms with Gasteiger partial charge < -0.3 is 15.4 Å². The number of hydrogen-bond acceptors (Lipinski definition) is 3. The zero-order valence-corrected chi connectivity index (χ0v) is 18.3. The number of ether oxygens (including phenoxy) is 1. The fourth-order valence-corrected chi connectivity index (χ4v) is 3.49. The lowest BCUT2D eigenvalue weighted by Gasteiger charge is -2.28. The number of carbonyl (C=O) groups is 1. The predicted octanol–water partition coefficient (Wildman–Crippen LogP) is 4.28. The van der Waals surface area contributed by atoms with Crippen LogP contribution in [-0.2, 0) is 11.3 Å². The molecule has 1 amide bonds. The molecule has 1 fully saturated rings. The van der Waals surface area contributed by atoms with Crippen molar-refractivity contribution in [1.29, 1.82) is 0 Å². The third kappa shape index (κ3) is 5.99. The van der Waals surface area contributed by atoms with Gasteiger partial charge in [0.2, 0.25) is 0 Å². The quantitative estimate of drug-likeness (QED) is 0.441. The highest BCUT2D eigenvalue weighted by atomic mass is 16.6. The molecule has 2 N–H and O–H groups in total. The van der Waals surface area contributed by atoms with E-state index >= 15 is 0 Å². The summed E-state index contributed by atoms with van der Waals surface area (Å²) >= 11 is 0. The molecule has 1 aromatic carbocycles. The van der Waals surface area contributed by atoms with Crippen LogP contribution in [0.1, 0.15) is 57.6 Å². The molecular formula is C23H34N4O2. The SMILES string of the molecule is CN=C(NCc1ccc(N(C(=O)OC(C)(C)C)C2CC2)c(C)c1)NC1CC=CC1. The molecule has 0 unspecified atom stereocenters. The van der Waals surface area contributed by atoms with Crippen molar-refractivity contribution in [3.8, 4) is 0 Å². The Kier molecular flexibility index (Phi) is 6.50. The molecule has 6 heteroatoms. The molecule has 3 rings (SSSR count). The van der Waals surface area contributed by atoms with E-state index in [4.69, 9.17) is 4.74 Å². The Morgan fingerprint density at radius 1 is 1.24 bits per heavy atom. The molecular weight excluding hydrogens is 364 g/mol. The number of hydrogen-bond donors (Lipinski definition) is 2. The van der Waals surface area contributed by atoms with Gasteiger partial charge in [-0.2, -0.15) is 0 Å². The van der Waals surface area contributed by atoms with E-state index in [2.05, 4.69) is 46.8 Å². The van der Waals surface area contributed by atoms with Crippen LogP contribution in [0.5, 0.6) is 0 Å². The number of amides is 1. The van der Waals surface area contributed by atoms with Gasteiger partial charge in [0, 0.05) is 25.7 Å². The van der Waals surface area contributed by atoms with Crippen molar-refractivity contribution in [2.75, 3.05) is 11.9 Å². The van der Waals surface area contributed by atoms with Crippen LogP contribution in [-0.4, -0.2) is 36.8 Å². The summed E-state index contributed by atoms with van der Waals surface area (Å²) in [4.78, 5) is 18.9. The Morgan fingerprint density at radius 2 is 1.93 bits per heavy atom. The minimum atomic E-state index is -0.500. The number of rotatable bonds is 5. The fourth-order valence-electron chi connectivity index (χ4n) is 3.49. The molecule has 0 saturated heterocycles. The number of aliphatic imine (C=N–C) groups is 1. The van der Waals surface area contributed by atoms with Crippen LogP contribution in [0.4, 0.5) is 10.5 Å². The summed E-state index contributed by atoms with van der Waals surface area (Å²) in [6.45, 7) is 8.44. The molecule has 0 radical (unpaired) electrons. The molecule has 1 aromatic rings. The lowest BCUT2D eigenvalue weighted by molar-refractivity contribution is 0.0577. The molecule has 2 aliphatic rings. The van der Waals surface area contributed by atoms with Gasteiger partial charge in [-0.25, -0.2) is 4.79 Å². The first-order chi connectivity index (χ1) is 13.8. The molecule has 0 spiro atoms. The number of nitrogens with one attached hydrogen (secondary N) is 2. The maximum absolute atomic E-state index is 12.8. The molecule has 0 bridgehead atoms. The standard InChI is InChI=1S/C23H34N4O2/c1-16-14-17(15-25-21(24-5)26-18-8-6-7-9-18)10-13-20(16)27(19-11-12-19)22(28)29-23(2,3)4/h6-7,10,13-14,18-19H,8-9,11-12,15H2,1-5H3,(H2,24,25,26). The molecule has 6 nitrogen and oxygen atoms in total. The van der Waals surface area contributed by atoms with Crippen molar-refractivity contribution in [2.24, 2.45) is 4.99 Å². The number of anilines is 1. The highest BCUT2D eigenvalue weighted by Gasteiger charge is 2.37. The summed E-state index contributed by atoms with van der Waals surface area (Å²) in [5.74, 6) is 0.814. The average Bonchev–Trinajstić information content (AvgIpc) is 3.33. The molecule has 0 aromatic heterocycles. The Labute approximate surface area is 174 Å². The summed E-state index contributed by atoms with van der Waals surface area (Å²) in [5.41, 5.74) is 2.66. The van der Waals surface area contributed by atoms with E-state index in [1.54, 1.807) is 7.05 Å². The third-order valence-electron chi connectivity index (χ3n) is 5.06. The first-order valence-corrected chi connectivity index (χ1v) is 10.5. The molecule has 29 heavy (non-hydrogen) atoms. The van der Waals surface area contributed by atoms with Crippen LogP contribution in [0.3, 0.4) is 0 Å². The Morgan fingerprint density at radius 3 is 2.48 bits per heavy atom. The van der Waals surface area contributed by atoms with Crippen molar-refractivity contribution in [1.82, 2.24) is 10.6 Å². The van der Waals surface area contributed by atoms with Gasteiger partial charge in [-0.15, -0.1) is 0 Å². The second kappa shape index (κ2) is 8.89.